The predicted molar refractivity (Wildman–Crippen MR) is 132 cm³/mol. The molecular formula is C27H24N2O5S. The number of aromatic nitrogens is 1. The van der Waals surface area contributed by atoms with Crippen molar-refractivity contribution in [2.45, 2.75) is 23.4 Å². The third-order valence-electron chi connectivity index (χ3n) is 6.08. The Labute approximate surface area is 203 Å². The molecule has 2 heterocycles. The van der Waals surface area contributed by atoms with Gasteiger partial charge in [-0.05, 0) is 54.4 Å². The van der Waals surface area contributed by atoms with E-state index in [9.17, 15) is 18.3 Å². The second-order valence-corrected chi connectivity index (χ2v) is 10.7. The van der Waals surface area contributed by atoms with Crippen LogP contribution in [0.4, 0.5) is 0 Å². The van der Waals surface area contributed by atoms with Gasteiger partial charge >= 0.3 is 0 Å². The van der Waals surface area contributed by atoms with Gasteiger partial charge in [0.05, 0.1) is 29.3 Å². The van der Waals surface area contributed by atoms with E-state index in [1.165, 1.54) is 4.90 Å². The topological polar surface area (TPSA) is 96.8 Å². The summed E-state index contributed by atoms with van der Waals surface area (Å²) in [6, 6.07) is 22.6. The molecule has 1 aliphatic rings. The quantitative estimate of drug-likeness (QED) is 0.416. The summed E-state index contributed by atoms with van der Waals surface area (Å²) in [5, 5.41) is 11.3. The fourth-order valence-electron chi connectivity index (χ4n) is 4.25. The summed E-state index contributed by atoms with van der Waals surface area (Å²) >= 11 is 0. The Bertz CT molecular complexity index is 1510. The van der Waals surface area contributed by atoms with Crippen LogP contribution < -0.4 is 4.74 Å². The summed E-state index contributed by atoms with van der Waals surface area (Å²) in [6.07, 6.45) is 1.58. The molecule has 0 unspecified atom stereocenters. The Morgan fingerprint density at radius 2 is 1.77 bits per heavy atom. The predicted octanol–water partition coefficient (Wildman–Crippen LogP) is 3.74. The number of rotatable bonds is 6. The number of sulfone groups is 1. The van der Waals surface area contributed by atoms with E-state index >= 15 is 0 Å². The van der Waals surface area contributed by atoms with E-state index < -0.39 is 15.6 Å². The van der Waals surface area contributed by atoms with Gasteiger partial charge in [0.15, 0.2) is 9.84 Å². The van der Waals surface area contributed by atoms with Crippen LogP contribution in [-0.4, -0.2) is 48.2 Å². The maximum Gasteiger partial charge on any atom is 0.254 e. The van der Waals surface area contributed by atoms with E-state index in [2.05, 4.69) is 4.98 Å². The number of β-amino-alcohol motifs (C(OH)–C–C–N with tert-alkyl or cyclic N) is 1. The van der Waals surface area contributed by atoms with Crippen LogP contribution in [0.2, 0.25) is 0 Å². The maximum atomic E-state index is 13.2. The highest BCUT2D eigenvalue weighted by Crippen LogP contribution is 2.29. The average Bonchev–Trinajstić information content (AvgIpc) is 2.83. The molecule has 1 fully saturated rings. The average molecular weight is 489 g/mol. The fraction of sp³-hybridized carbons (Fsp3) is 0.185. The minimum absolute atomic E-state index is 0.0456. The number of aliphatic hydroxyl groups is 1. The highest BCUT2D eigenvalue weighted by Gasteiger charge is 2.46. The molecule has 1 aliphatic heterocycles. The van der Waals surface area contributed by atoms with Crippen LogP contribution >= 0.6 is 0 Å². The minimum Gasteiger partial charge on any atom is -0.459 e. The lowest BCUT2D eigenvalue weighted by Crippen LogP contribution is -2.66. The third-order valence-corrected chi connectivity index (χ3v) is 7.77. The smallest absolute Gasteiger partial charge is 0.254 e. The number of nitrogens with zero attached hydrogens (tertiary/aromatic N) is 2. The van der Waals surface area contributed by atoms with Crippen molar-refractivity contribution in [3.05, 3.63) is 102 Å². The van der Waals surface area contributed by atoms with Gasteiger partial charge in [-0.3, -0.25) is 9.78 Å². The second-order valence-electron chi connectivity index (χ2n) is 8.75. The van der Waals surface area contributed by atoms with Gasteiger partial charge in [-0.15, -0.1) is 0 Å². The lowest BCUT2D eigenvalue weighted by atomic mass is 10.0. The molecular weight excluding hydrogens is 464 g/mol. The number of aryl methyl sites for hydroxylation is 1. The van der Waals surface area contributed by atoms with E-state index in [1.54, 1.807) is 61.7 Å². The van der Waals surface area contributed by atoms with Crippen LogP contribution in [-0.2, 0) is 15.6 Å². The van der Waals surface area contributed by atoms with Crippen LogP contribution in [0, 0.1) is 6.92 Å². The van der Waals surface area contributed by atoms with Crippen molar-refractivity contribution in [1.29, 1.82) is 0 Å². The van der Waals surface area contributed by atoms with Crippen molar-refractivity contribution < 1.29 is 23.1 Å². The molecule has 0 aliphatic carbocycles. The largest absolute Gasteiger partial charge is 0.459 e. The monoisotopic (exact) mass is 488 g/mol. The Morgan fingerprint density at radius 3 is 2.51 bits per heavy atom. The van der Waals surface area contributed by atoms with Crippen molar-refractivity contribution in [1.82, 2.24) is 9.88 Å². The molecule has 4 aromatic rings. The summed E-state index contributed by atoms with van der Waals surface area (Å²) in [7, 11) is -3.66. The van der Waals surface area contributed by atoms with Crippen molar-refractivity contribution >= 4 is 26.6 Å². The molecule has 1 amide bonds. The third kappa shape index (κ3) is 4.62. The summed E-state index contributed by atoms with van der Waals surface area (Å²) in [4.78, 5) is 18.9. The molecule has 5 rings (SSSR count). The van der Waals surface area contributed by atoms with Gasteiger partial charge in [0.1, 0.15) is 5.75 Å². The first kappa shape index (κ1) is 23.0. The van der Waals surface area contributed by atoms with Gasteiger partial charge in [0.25, 0.3) is 5.91 Å². The van der Waals surface area contributed by atoms with E-state index in [4.69, 9.17) is 4.74 Å². The molecule has 8 heteroatoms. The van der Waals surface area contributed by atoms with Crippen LogP contribution in [0.1, 0.15) is 21.5 Å². The summed E-state index contributed by atoms with van der Waals surface area (Å²) in [5.74, 6) is -1.34. The standard InChI is InChI=1S/C27H24N2O5S/c1-19-15-21(26(30)29-17-27(31,18-29)34-23-9-3-2-4-10-23)12-13-22(19)16-35(32,33)24-11-5-7-20-8-6-14-28-25(20)24/h2-15,31H,16-18H2,1H3. The van der Waals surface area contributed by atoms with E-state index in [0.717, 1.165) is 5.39 Å². The maximum absolute atomic E-state index is 13.2. The van der Waals surface area contributed by atoms with Crippen molar-refractivity contribution in [2.75, 3.05) is 13.1 Å². The summed E-state index contributed by atoms with van der Waals surface area (Å²) in [5.41, 5.74) is 2.19. The molecule has 0 atom stereocenters. The molecule has 178 valence electrons. The number of pyridine rings is 1. The zero-order valence-electron chi connectivity index (χ0n) is 19.1. The van der Waals surface area contributed by atoms with Crippen LogP contribution in [0.3, 0.4) is 0 Å². The first-order valence-corrected chi connectivity index (χ1v) is 12.8. The van der Waals surface area contributed by atoms with Crippen LogP contribution in [0.25, 0.3) is 10.9 Å². The Morgan fingerprint density at radius 1 is 1.03 bits per heavy atom. The highest BCUT2D eigenvalue weighted by atomic mass is 32.2. The van der Waals surface area contributed by atoms with Gasteiger partial charge < -0.3 is 14.7 Å². The lowest BCUT2D eigenvalue weighted by Gasteiger charge is -2.45. The van der Waals surface area contributed by atoms with Gasteiger partial charge in [-0.25, -0.2) is 8.42 Å². The molecule has 0 radical (unpaired) electrons. The first-order chi connectivity index (χ1) is 16.7. The number of hydrogen-bond acceptors (Lipinski definition) is 6. The van der Waals surface area contributed by atoms with Crippen molar-refractivity contribution in [2.24, 2.45) is 0 Å². The van der Waals surface area contributed by atoms with Gasteiger partial charge in [0.2, 0.25) is 5.79 Å². The fourth-order valence-corrected chi connectivity index (χ4v) is 5.89. The molecule has 0 bridgehead atoms. The number of amides is 1. The van der Waals surface area contributed by atoms with Crippen molar-refractivity contribution in [3.63, 3.8) is 0 Å². The van der Waals surface area contributed by atoms with E-state index in [1.807, 2.05) is 30.3 Å². The van der Waals surface area contributed by atoms with Crippen LogP contribution in [0.5, 0.6) is 5.75 Å². The zero-order valence-corrected chi connectivity index (χ0v) is 19.9. The molecule has 1 N–H and O–H groups in total. The molecule has 7 nitrogen and oxygen atoms in total. The van der Waals surface area contributed by atoms with Gasteiger partial charge in [-0.2, -0.15) is 0 Å². The minimum atomic E-state index is -3.66. The highest BCUT2D eigenvalue weighted by molar-refractivity contribution is 7.90. The molecule has 1 aromatic heterocycles. The Balaban J connectivity index is 1.30. The van der Waals surface area contributed by atoms with Crippen LogP contribution in [0.15, 0.2) is 90.0 Å². The number of hydrogen-bond donors (Lipinski definition) is 1. The number of likely N-dealkylation sites (tertiary alicyclic amines) is 1. The molecule has 35 heavy (non-hydrogen) atoms. The normalized spacial score (nSPS) is 15.0. The number of benzene rings is 3. The van der Waals surface area contributed by atoms with E-state index in [0.29, 0.717) is 28.0 Å². The number of para-hydroxylation sites is 2. The SMILES string of the molecule is Cc1cc(C(=O)N2CC(O)(Oc3ccccc3)C2)ccc1CS(=O)(=O)c1cccc2cccnc12. The van der Waals surface area contributed by atoms with Gasteiger partial charge in [0, 0.05) is 17.1 Å². The van der Waals surface area contributed by atoms with Gasteiger partial charge in [-0.1, -0.05) is 42.5 Å². The number of ether oxygens (including phenoxy) is 1. The number of carbonyl (C=O) groups is 1. The molecule has 0 spiro atoms. The summed E-state index contributed by atoms with van der Waals surface area (Å²) in [6.45, 7) is 1.88. The lowest BCUT2D eigenvalue weighted by molar-refractivity contribution is -0.210. The summed E-state index contributed by atoms with van der Waals surface area (Å²) < 4.78 is 32.0. The second kappa shape index (κ2) is 8.79. The first-order valence-electron chi connectivity index (χ1n) is 11.2. The zero-order chi connectivity index (χ0) is 24.6. The molecule has 1 saturated heterocycles. The molecule has 3 aromatic carbocycles. The van der Waals surface area contributed by atoms with E-state index in [-0.39, 0.29) is 29.6 Å². The Kier molecular flexibility index (Phi) is 5.78. The van der Waals surface area contributed by atoms with Crippen molar-refractivity contribution in [3.8, 4) is 5.75 Å². The number of carbonyl (C=O) groups excluding carboxylic acids is 1. The molecule has 0 saturated carbocycles. The Hall–Kier alpha value is -3.75. The number of fused-ring (bicyclic) bond motifs is 1.